The molecule has 4 nitrogen and oxygen atoms in total. The maximum atomic E-state index is 13.0. The number of esters is 1. The lowest BCUT2D eigenvalue weighted by Crippen LogP contribution is -2.43. The van der Waals surface area contributed by atoms with Crippen LogP contribution in [0.15, 0.2) is 48.1 Å². The Hall–Kier alpha value is -3.08. The number of ether oxygens (including phenoxy) is 2. The third-order valence-corrected chi connectivity index (χ3v) is 4.53. The molecule has 0 saturated heterocycles. The predicted molar refractivity (Wildman–Crippen MR) is 101 cm³/mol. The Morgan fingerprint density at radius 3 is 2.67 bits per heavy atom. The summed E-state index contributed by atoms with van der Waals surface area (Å²) >= 11 is 0. The van der Waals surface area contributed by atoms with Gasteiger partial charge in [-0.1, -0.05) is 54.0 Å². The third-order valence-electron chi connectivity index (χ3n) is 4.53. The van der Waals surface area contributed by atoms with Crippen LogP contribution in [0.5, 0.6) is 0 Å². The highest BCUT2D eigenvalue weighted by Gasteiger charge is 2.41. The van der Waals surface area contributed by atoms with Crippen LogP contribution in [0.3, 0.4) is 0 Å². The van der Waals surface area contributed by atoms with Gasteiger partial charge in [0, 0.05) is 12.0 Å². The van der Waals surface area contributed by atoms with E-state index in [9.17, 15) is 9.59 Å². The number of carbonyl (C=O) groups excluding carboxylic acids is 2. The van der Waals surface area contributed by atoms with Gasteiger partial charge in [0.1, 0.15) is 0 Å². The lowest BCUT2D eigenvalue weighted by atomic mass is 9.82. The van der Waals surface area contributed by atoms with E-state index in [1.807, 2.05) is 30.3 Å². The molecule has 3 rings (SSSR count). The van der Waals surface area contributed by atoms with Gasteiger partial charge in [0.25, 0.3) is 0 Å². The molecule has 1 aromatic carbocycles. The van der Waals surface area contributed by atoms with Crippen molar-refractivity contribution in [1.29, 1.82) is 0 Å². The largest absolute Gasteiger partial charge is 0.469 e. The average molecular weight is 360 g/mol. The third kappa shape index (κ3) is 4.56. The molecule has 0 N–H and O–H groups in total. The molecule has 2 bridgehead atoms. The van der Waals surface area contributed by atoms with E-state index < -0.39 is 5.60 Å². The van der Waals surface area contributed by atoms with Crippen molar-refractivity contribution in [3.8, 4) is 23.7 Å². The molecule has 1 unspecified atom stereocenters. The number of methoxy groups -OCH3 is 1. The van der Waals surface area contributed by atoms with E-state index >= 15 is 0 Å². The maximum absolute atomic E-state index is 13.0. The molecule has 0 aliphatic heterocycles. The Labute approximate surface area is 159 Å². The molecule has 4 heteroatoms. The van der Waals surface area contributed by atoms with Gasteiger partial charge in [-0.15, -0.1) is 0 Å². The Bertz CT molecular complexity index is 913. The summed E-state index contributed by atoms with van der Waals surface area (Å²) in [5, 5.41) is 0. The molecule has 0 amide bonds. The molecular weight excluding hydrogens is 340 g/mol. The first-order chi connectivity index (χ1) is 13.1. The minimum atomic E-state index is -1.13. The van der Waals surface area contributed by atoms with E-state index in [4.69, 9.17) is 4.74 Å². The van der Waals surface area contributed by atoms with Crippen LogP contribution in [0.1, 0.15) is 30.4 Å². The highest BCUT2D eigenvalue weighted by atomic mass is 16.5. The molecule has 0 radical (unpaired) electrons. The number of ketones is 1. The van der Waals surface area contributed by atoms with Crippen molar-refractivity contribution in [2.75, 3.05) is 7.11 Å². The number of benzene rings is 1. The predicted octanol–water partition coefficient (Wildman–Crippen LogP) is 2.91. The van der Waals surface area contributed by atoms with Gasteiger partial charge in [0.2, 0.25) is 5.78 Å². The average Bonchev–Trinajstić information content (AvgIpc) is 2.68. The summed E-state index contributed by atoms with van der Waals surface area (Å²) in [6, 6.07) is 7.49. The normalized spacial score (nSPS) is 20.5. The fourth-order valence-corrected chi connectivity index (χ4v) is 3.01. The van der Waals surface area contributed by atoms with Crippen molar-refractivity contribution in [2.24, 2.45) is 0 Å². The highest BCUT2D eigenvalue weighted by molar-refractivity contribution is 6.05. The number of Topliss-reactive ketones (excluding diaryl/α,β-unsaturated/α-hetero) is 1. The minimum Gasteiger partial charge on any atom is -0.469 e. The zero-order valence-electron chi connectivity index (χ0n) is 15.2. The molecule has 0 saturated carbocycles. The molecule has 2 aliphatic rings. The van der Waals surface area contributed by atoms with Crippen LogP contribution in [0.4, 0.5) is 0 Å². The van der Waals surface area contributed by atoms with Crippen LogP contribution in [-0.4, -0.2) is 24.5 Å². The molecule has 0 heterocycles. The van der Waals surface area contributed by atoms with E-state index in [-0.39, 0.29) is 24.8 Å². The van der Waals surface area contributed by atoms with Crippen molar-refractivity contribution in [3.63, 3.8) is 0 Å². The molecule has 0 spiro atoms. The second kappa shape index (κ2) is 8.54. The van der Waals surface area contributed by atoms with Crippen LogP contribution in [0, 0.1) is 23.7 Å². The standard InChI is InChI=1S/C23H20O4/c1-26-21(24)16-18-10-12-19(13-11-18)17-27-23-14-6-4-2-3-5-8-20(22(23)25)9-7-15-23/h2,4,9-13H,7-8,15-17H2,1H3. The molecule has 0 fully saturated rings. The van der Waals surface area contributed by atoms with Gasteiger partial charge in [-0.2, -0.15) is 0 Å². The number of allylic oxidation sites excluding steroid dienone is 3. The summed E-state index contributed by atoms with van der Waals surface area (Å²) < 4.78 is 10.7. The maximum Gasteiger partial charge on any atom is 0.309 e. The van der Waals surface area contributed by atoms with Gasteiger partial charge in [-0.3, -0.25) is 9.59 Å². The van der Waals surface area contributed by atoms with E-state index in [0.717, 1.165) is 17.5 Å². The molecule has 2 aliphatic carbocycles. The van der Waals surface area contributed by atoms with Gasteiger partial charge in [-0.25, -0.2) is 0 Å². The number of hydrogen-bond acceptors (Lipinski definition) is 4. The summed E-state index contributed by atoms with van der Waals surface area (Å²) in [6.07, 6.45) is 7.19. The van der Waals surface area contributed by atoms with Gasteiger partial charge in [-0.05, 0) is 36.1 Å². The van der Waals surface area contributed by atoms with Gasteiger partial charge in [0.15, 0.2) is 5.60 Å². The molecular formula is C23H20O4. The summed E-state index contributed by atoms with van der Waals surface area (Å²) in [5.74, 6) is 11.4. The lowest BCUT2D eigenvalue weighted by Gasteiger charge is -2.31. The fourth-order valence-electron chi connectivity index (χ4n) is 3.01. The number of rotatable bonds is 5. The SMILES string of the molecule is COC(=O)Cc1ccc(COC23C#CC=CC#CCC(=CCC2)C3=O)cc1. The first-order valence-corrected chi connectivity index (χ1v) is 8.81. The topological polar surface area (TPSA) is 52.6 Å². The summed E-state index contributed by atoms with van der Waals surface area (Å²) in [5.41, 5.74) is 1.32. The van der Waals surface area contributed by atoms with Gasteiger partial charge < -0.3 is 9.47 Å². The molecule has 136 valence electrons. The van der Waals surface area contributed by atoms with Crippen molar-refractivity contribution in [1.82, 2.24) is 0 Å². The summed E-state index contributed by atoms with van der Waals surface area (Å²) in [4.78, 5) is 24.3. The molecule has 1 aromatic rings. The lowest BCUT2D eigenvalue weighted by molar-refractivity contribution is -0.139. The van der Waals surface area contributed by atoms with E-state index in [1.165, 1.54) is 7.11 Å². The highest BCUT2D eigenvalue weighted by Crippen LogP contribution is 2.31. The number of carbonyl (C=O) groups is 2. The van der Waals surface area contributed by atoms with E-state index in [1.54, 1.807) is 12.2 Å². The van der Waals surface area contributed by atoms with Crippen LogP contribution in [0.2, 0.25) is 0 Å². The second-order valence-corrected chi connectivity index (χ2v) is 6.38. The van der Waals surface area contributed by atoms with Crippen LogP contribution >= 0.6 is 0 Å². The Morgan fingerprint density at radius 2 is 1.89 bits per heavy atom. The Kier molecular flexibility index (Phi) is 5.91. The fraction of sp³-hybridized carbons (Fsp3) is 0.304. The Morgan fingerprint density at radius 1 is 1.15 bits per heavy atom. The monoisotopic (exact) mass is 360 g/mol. The van der Waals surface area contributed by atoms with E-state index in [0.29, 0.717) is 18.4 Å². The molecule has 27 heavy (non-hydrogen) atoms. The van der Waals surface area contributed by atoms with Gasteiger partial charge in [0.05, 0.1) is 20.1 Å². The van der Waals surface area contributed by atoms with Gasteiger partial charge >= 0.3 is 5.97 Å². The van der Waals surface area contributed by atoms with Crippen molar-refractivity contribution >= 4 is 11.8 Å². The van der Waals surface area contributed by atoms with Crippen molar-refractivity contribution < 1.29 is 19.1 Å². The van der Waals surface area contributed by atoms with Crippen LogP contribution in [-0.2, 0) is 32.1 Å². The van der Waals surface area contributed by atoms with Crippen LogP contribution < -0.4 is 0 Å². The minimum absolute atomic E-state index is 0.0897. The summed E-state index contributed by atoms with van der Waals surface area (Å²) in [6.45, 7) is 0.265. The Balaban J connectivity index is 1.75. The number of hydrogen-bond donors (Lipinski definition) is 0. The smallest absolute Gasteiger partial charge is 0.309 e. The summed E-state index contributed by atoms with van der Waals surface area (Å²) in [7, 11) is 1.37. The quantitative estimate of drug-likeness (QED) is 0.598. The van der Waals surface area contributed by atoms with Crippen LogP contribution in [0.25, 0.3) is 0 Å². The zero-order valence-corrected chi connectivity index (χ0v) is 15.2. The number of fused-ring (bicyclic) bond motifs is 2. The van der Waals surface area contributed by atoms with Crippen molar-refractivity contribution in [3.05, 3.63) is 59.2 Å². The van der Waals surface area contributed by atoms with Crippen molar-refractivity contribution in [2.45, 2.75) is 37.9 Å². The van der Waals surface area contributed by atoms with E-state index in [2.05, 4.69) is 28.4 Å². The molecule has 1 atom stereocenters. The first kappa shape index (κ1) is 18.7. The second-order valence-electron chi connectivity index (χ2n) is 6.38. The first-order valence-electron chi connectivity index (χ1n) is 8.81. The zero-order chi connectivity index (χ0) is 19.1. The molecule has 0 aromatic heterocycles.